The van der Waals surface area contributed by atoms with Crippen LogP contribution in [0.25, 0.3) is 11.3 Å². The van der Waals surface area contributed by atoms with E-state index in [2.05, 4.69) is 11.1 Å². The molecule has 2 aromatic rings. The Morgan fingerprint density at radius 1 is 1.38 bits per heavy atom. The van der Waals surface area contributed by atoms with Crippen LogP contribution in [0.2, 0.25) is 6.32 Å². The number of benzene rings is 1. The summed E-state index contributed by atoms with van der Waals surface area (Å²) in [6, 6.07) is 6.50. The highest BCUT2D eigenvalue weighted by Crippen LogP contribution is 2.28. The van der Waals surface area contributed by atoms with Gasteiger partial charge in [0.25, 0.3) is 6.71 Å². The minimum absolute atomic E-state index is 0.0725. The summed E-state index contributed by atoms with van der Waals surface area (Å²) in [6.07, 6.45) is 1.58. The standard InChI is InChI=1S/C14H13BFN3.C2H6/c1-10-13-8-15(9-17)5-6-19(13)18-14(10)11-3-2-4-12(16)7-11;1-2/h2-4,7H,5-6,8H2,1H3;1-2H3. The van der Waals surface area contributed by atoms with Gasteiger partial charge < -0.3 is 0 Å². The molecule has 1 aliphatic heterocycles. The van der Waals surface area contributed by atoms with Crippen molar-refractivity contribution < 1.29 is 4.39 Å². The number of aryl methyl sites for hydroxylation is 1. The fourth-order valence-electron chi connectivity index (χ4n) is 2.66. The molecule has 1 aliphatic rings. The van der Waals surface area contributed by atoms with Crippen LogP contribution in [0.15, 0.2) is 24.3 Å². The smallest absolute Gasteiger partial charge is 0.270 e. The third-order valence-electron chi connectivity index (χ3n) is 3.73. The van der Waals surface area contributed by atoms with Gasteiger partial charge in [-0.25, -0.2) is 9.65 Å². The van der Waals surface area contributed by atoms with Crippen LogP contribution in [0.4, 0.5) is 4.39 Å². The number of nitriles is 1. The van der Waals surface area contributed by atoms with Gasteiger partial charge in [0.1, 0.15) is 5.82 Å². The van der Waals surface area contributed by atoms with Crippen LogP contribution < -0.4 is 0 Å². The molecule has 3 rings (SSSR count). The number of fused-ring (bicyclic) bond motifs is 1. The van der Waals surface area contributed by atoms with Crippen molar-refractivity contribution in [3.63, 3.8) is 0 Å². The maximum absolute atomic E-state index is 13.3. The van der Waals surface area contributed by atoms with E-state index in [1.54, 1.807) is 6.07 Å². The van der Waals surface area contributed by atoms with Crippen molar-refractivity contribution in [2.75, 3.05) is 0 Å². The first-order chi connectivity index (χ1) is 10.2. The summed E-state index contributed by atoms with van der Waals surface area (Å²) < 4.78 is 15.3. The molecule has 1 aromatic carbocycles. The highest BCUT2D eigenvalue weighted by molar-refractivity contribution is 6.66. The highest BCUT2D eigenvalue weighted by Gasteiger charge is 2.26. The van der Waals surface area contributed by atoms with E-state index in [0.717, 1.165) is 41.7 Å². The molecule has 0 radical (unpaired) electrons. The molecule has 0 N–H and O–H groups in total. The molecule has 0 bridgehead atoms. The number of hydrogen-bond donors (Lipinski definition) is 0. The van der Waals surface area contributed by atoms with Crippen molar-refractivity contribution in [2.45, 2.75) is 40.0 Å². The highest BCUT2D eigenvalue weighted by atomic mass is 19.1. The fourth-order valence-corrected chi connectivity index (χ4v) is 2.66. The Labute approximate surface area is 125 Å². The quantitative estimate of drug-likeness (QED) is 0.749. The van der Waals surface area contributed by atoms with Gasteiger partial charge in [0.15, 0.2) is 0 Å². The topological polar surface area (TPSA) is 41.6 Å². The van der Waals surface area contributed by atoms with Gasteiger partial charge in [0.2, 0.25) is 0 Å². The van der Waals surface area contributed by atoms with E-state index in [-0.39, 0.29) is 12.5 Å². The maximum atomic E-state index is 13.3. The van der Waals surface area contributed by atoms with Gasteiger partial charge in [-0.15, -0.1) is 0 Å². The van der Waals surface area contributed by atoms with E-state index < -0.39 is 0 Å². The number of aromatic nitrogens is 2. The summed E-state index contributed by atoms with van der Waals surface area (Å²) >= 11 is 0. The first kappa shape index (κ1) is 15.3. The molecular weight excluding hydrogens is 264 g/mol. The number of halogens is 1. The molecule has 0 saturated heterocycles. The van der Waals surface area contributed by atoms with Crippen LogP contribution in [0, 0.1) is 24.0 Å². The summed E-state index contributed by atoms with van der Waals surface area (Å²) in [5.41, 5.74) is 3.80. The fraction of sp³-hybridized carbons (Fsp3) is 0.375. The zero-order chi connectivity index (χ0) is 15.4. The Hall–Kier alpha value is -2.09. The lowest BCUT2D eigenvalue weighted by Gasteiger charge is -2.15. The molecule has 1 aromatic heterocycles. The van der Waals surface area contributed by atoms with Crippen molar-refractivity contribution in [3.05, 3.63) is 41.3 Å². The lowest BCUT2D eigenvalue weighted by molar-refractivity contribution is 0.614. The summed E-state index contributed by atoms with van der Waals surface area (Å²) in [5, 5.41) is 13.6. The molecule has 0 saturated carbocycles. The maximum Gasteiger partial charge on any atom is 0.275 e. The predicted molar refractivity (Wildman–Crippen MR) is 83.6 cm³/mol. The molecule has 21 heavy (non-hydrogen) atoms. The van der Waals surface area contributed by atoms with E-state index in [1.165, 1.54) is 12.1 Å². The summed E-state index contributed by atoms with van der Waals surface area (Å²) in [5.74, 6) is 2.08. The van der Waals surface area contributed by atoms with Crippen LogP contribution in [-0.2, 0) is 12.9 Å². The zero-order valence-electron chi connectivity index (χ0n) is 12.7. The van der Waals surface area contributed by atoms with Crippen molar-refractivity contribution in [1.29, 1.82) is 5.26 Å². The SMILES string of the molecule is CC.Cc1c(-c2cccc(F)c2)nn2c1CB(C#N)CC2. The molecule has 5 heteroatoms. The molecule has 108 valence electrons. The van der Waals surface area contributed by atoms with E-state index >= 15 is 0 Å². The largest absolute Gasteiger partial charge is 0.275 e. The van der Waals surface area contributed by atoms with Crippen molar-refractivity contribution in [3.8, 4) is 17.2 Å². The van der Waals surface area contributed by atoms with Gasteiger partial charge in [-0.3, -0.25) is 4.68 Å². The van der Waals surface area contributed by atoms with Crippen LogP contribution in [0.1, 0.15) is 25.1 Å². The summed E-state index contributed by atoms with van der Waals surface area (Å²) in [7, 11) is 0. The minimum atomic E-state index is -0.252. The van der Waals surface area contributed by atoms with Crippen LogP contribution in [0.5, 0.6) is 0 Å². The molecule has 0 atom stereocenters. The Kier molecular flexibility index (Phi) is 4.79. The summed E-state index contributed by atoms with van der Waals surface area (Å²) in [4.78, 5) is 0. The molecule has 0 spiro atoms. The van der Waals surface area contributed by atoms with Gasteiger partial charge in [-0.2, -0.15) is 5.10 Å². The van der Waals surface area contributed by atoms with Crippen molar-refractivity contribution in [1.82, 2.24) is 9.78 Å². The molecule has 0 amide bonds. The lowest BCUT2D eigenvalue weighted by Crippen LogP contribution is -2.26. The van der Waals surface area contributed by atoms with Crippen molar-refractivity contribution >= 4 is 6.71 Å². The Bertz CT molecular complexity index is 673. The van der Waals surface area contributed by atoms with Gasteiger partial charge >= 0.3 is 0 Å². The Morgan fingerprint density at radius 2 is 2.14 bits per heavy atom. The number of rotatable bonds is 1. The van der Waals surface area contributed by atoms with Crippen LogP contribution in [-0.4, -0.2) is 16.5 Å². The van der Waals surface area contributed by atoms with E-state index in [1.807, 2.05) is 31.5 Å². The second kappa shape index (κ2) is 6.58. The molecule has 0 fully saturated rings. The molecule has 0 aliphatic carbocycles. The first-order valence-electron chi connectivity index (χ1n) is 7.41. The van der Waals surface area contributed by atoms with Gasteiger partial charge in [0.05, 0.1) is 5.69 Å². The average molecular weight is 283 g/mol. The normalized spacial score (nSPS) is 13.0. The second-order valence-electron chi connectivity index (χ2n) is 4.97. The van der Waals surface area contributed by atoms with Crippen LogP contribution in [0.3, 0.4) is 0 Å². The Morgan fingerprint density at radius 3 is 2.81 bits per heavy atom. The van der Waals surface area contributed by atoms with E-state index in [4.69, 9.17) is 5.26 Å². The zero-order valence-corrected chi connectivity index (χ0v) is 12.7. The van der Waals surface area contributed by atoms with Crippen molar-refractivity contribution in [2.24, 2.45) is 0 Å². The predicted octanol–water partition coefficient (Wildman–Crippen LogP) is 3.68. The number of hydrogen-bond acceptors (Lipinski definition) is 2. The third-order valence-corrected chi connectivity index (χ3v) is 3.73. The minimum Gasteiger partial charge on any atom is -0.270 e. The monoisotopic (exact) mass is 283 g/mol. The summed E-state index contributed by atoms with van der Waals surface area (Å²) in [6.45, 7) is 6.84. The lowest BCUT2D eigenvalue weighted by atomic mass is 9.45. The van der Waals surface area contributed by atoms with Gasteiger partial charge in [-0.1, -0.05) is 26.0 Å². The average Bonchev–Trinajstić information content (AvgIpc) is 2.86. The van der Waals surface area contributed by atoms with Crippen LogP contribution >= 0.6 is 0 Å². The van der Waals surface area contributed by atoms with E-state index in [9.17, 15) is 4.39 Å². The van der Waals surface area contributed by atoms with Gasteiger partial charge in [0, 0.05) is 23.8 Å². The number of nitrogens with zero attached hydrogens (tertiary/aromatic N) is 3. The molecule has 3 nitrogen and oxygen atoms in total. The molecule has 0 unspecified atom stereocenters. The molecular formula is C16H19BFN3. The third kappa shape index (κ3) is 3.00. The van der Waals surface area contributed by atoms with Gasteiger partial charge in [-0.05, 0) is 37.3 Å². The van der Waals surface area contributed by atoms with E-state index in [0.29, 0.717) is 0 Å². The second-order valence-corrected chi connectivity index (χ2v) is 4.97. The first-order valence-corrected chi connectivity index (χ1v) is 7.41. The molecule has 2 heterocycles. The Balaban J connectivity index is 0.000000774.